The maximum atomic E-state index is 4.80. The number of hydrogen-bond acceptors (Lipinski definition) is 6. The Morgan fingerprint density at radius 3 is 2.61 bits per heavy atom. The topological polar surface area (TPSA) is 54.0 Å². The Hall–Kier alpha value is -3.60. The van der Waals surface area contributed by atoms with Gasteiger partial charge in [0.05, 0.1) is 23.9 Å². The zero-order valence-electron chi connectivity index (χ0n) is 21.0. The summed E-state index contributed by atoms with van der Waals surface area (Å²) in [6.07, 6.45) is 3.02. The third-order valence-electron chi connectivity index (χ3n) is 7.35. The molecule has 1 aromatic heterocycles. The molecule has 0 spiro atoms. The maximum absolute atomic E-state index is 4.80. The molecule has 0 saturated carbocycles. The van der Waals surface area contributed by atoms with Gasteiger partial charge in [-0.3, -0.25) is 4.90 Å². The van der Waals surface area contributed by atoms with Crippen LogP contribution in [0.4, 0.5) is 5.69 Å². The molecule has 7 heteroatoms. The van der Waals surface area contributed by atoms with Crippen LogP contribution in [0, 0.1) is 11.8 Å². The molecule has 6 rings (SSSR count). The largest absolute Gasteiger partial charge is 0.369 e. The van der Waals surface area contributed by atoms with E-state index >= 15 is 0 Å². The summed E-state index contributed by atoms with van der Waals surface area (Å²) in [5, 5.41) is 0. The number of aromatic amines is 1. The van der Waals surface area contributed by atoms with Crippen molar-refractivity contribution in [1.82, 2.24) is 24.7 Å². The number of aromatic nitrogens is 2. The molecular weight excluding hydrogens is 446 g/mol. The highest BCUT2D eigenvalue weighted by molar-refractivity contribution is 5.75. The predicted molar refractivity (Wildman–Crippen MR) is 146 cm³/mol. The first-order valence-corrected chi connectivity index (χ1v) is 12.9. The van der Waals surface area contributed by atoms with E-state index in [-0.39, 0.29) is 0 Å². The Bertz CT molecular complexity index is 1300. The highest BCUT2D eigenvalue weighted by Crippen LogP contribution is 2.24. The molecule has 3 aliphatic rings. The van der Waals surface area contributed by atoms with E-state index in [1.807, 2.05) is 30.6 Å². The van der Waals surface area contributed by atoms with E-state index in [4.69, 9.17) is 4.99 Å². The lowest BCUT2D eigenvalue weighted by Crippen LogP contribution is -2.44. The molecule has 1 fully saturated rings. The van der Waals surface area contributed by atoms with Gasteiger partial charge in [0.1, 0.15) is 0 Å². The summed E-state index contributed by atoms with van der Waals surface area (Å²) < 4.78 is 0. The summed E-state index contributed by atoms with van der Waals surface area (Å²) in [6, 6.07) is 17.1. The number of fused-ring (bicyclic) bond motifs is 1. The molecular formula is C29H33N7. The lowest BCUT2D eigenvalue weighted by molar-refractivity contribution is 0.300. The van der Waals surface area contributed by atoms with E-state index in [0.717, 1.165) is 82.2 Å². The first kappa shape index (κ1) is 22.8. The molecule has 7 nitrogen and oxygen atoms in total. The molecule has 3 aliphatic heterocycles. The number of nitrogens with one attached hydrogen (secondary N) is 1. The second-order valence-corrected chi connectivity index (χ2v) is 10.0. The third-order valence-corrected chi connectivity index (χ3v) is 7.35. The van der Waals surface area contributed by atoms with E-state index in [2.05, 4.69) is 72.7 Å². The molecule has 0 amide bonds. The SMILES string of the molecule is CN1CCN(c2ccc(CN3C=NC4=C(C3)CN(CC#Cc3nc5ccccc5[nH]3)CC4)cc2)CC1. The minimum atomic E-state index is 0.736. The number of piperazine rings is 1. The smallest absolute Gasteiger partial charge is 0.183 e. The summed E-state index contributed by atoms with van der Waals surface area (Å²) in [6.45, 7) is 8.96. The normalized spacial score (nSPS) is 18.9. The molecule has 1 N–H and O–H groups in total. The van der Waals surface area contributed by atoms with Gasteiger partial charge in [-0.25, -0.2) is 9.98 Å². The first-order valence-electron chi connectivity index (χ1n) is 12.9. The number of hydrogen-bond donors (Lipinski definition) is 1. The summed E-state index contributed by atoms with van der Waals surface area (Å²) in [4.78, 5) is 22.3. The molecule has 4 heterocycles. The van der Waals surface area contributed by atoms with Crippen LogP contribution in [0.2, 0.25) is 0 Å². The van der Waals surface area contributed by atoms with Crippen molar-refractivity contribution in [1.29, 1.82) is 0 Å². The van der Waals surface area contributed by atoms with Crippen LogP contribution in [0.3, 0.4) is 0 Å². The van der Waals surface area contributed by atoms with Crippen LogP contribution in [-0.4, -0.2) is 90.4 Å². The van der Waals surface area contributed by atoms with Gasteiger partial charge in [-0.1, -0.05) is 30.2 Å². The van der Waals surface area contributed by atoms with Gasteiger partial charge < -0.3 is 19.7 Å². The quantitative estimate of drug-likeness (QED) is 0.583. The van der Waals surface area contributed by atoms with E-state index in [1.54, 1.807) is 0 Å². The lowest BCUT2D eigenvalue weighted by atomic mass is 10.0. The molecule has 2 aromatic carbocycles. The summed E-state index contributed by atoms with van der Waals surface area (Å²) in [5.74, 6) is 7.26. The fraction of sp³-hybridized carbons (Fsp3) is 0.379. The summed E-state index contributed by atoms with van der Waals surface area (Å²) in [5.41, 5.74) is 7.33. The van der Waals surface area contributed by atoms with Gasteiger partial charge in [0.2, 0.25) is 0 Å². The number of H-pyrrole nitrogens is 1. The Kier molecular flexibility index (Phi) is 6.46. The zero-order valence-corrected chi connectivity index (χ0v) is 21.0. The molecule has 184 valence electrons. The minimum absolute atomic E-state index is 0.736. The predicted octanol–water partition coefficient (Wildman–Crippen LogP) is 3.17. The van der Waals surface area contributed by atoms with Gasteiger partial charge in [-0.2, -0.15) is 0 Å². The lowest BCUT2D eigenvalue weighted by Gasteiger charge is -2.34. The number of imidazole rings is 1. The Morgan fingerprint density at radius 1 is 0.944 bits per heavy atom. The number of likely N-dealkylation sites (N-methyl/N-ethyl adjacent to an activating group) is 1. The molecule has 1 saturated heterocycles. The number of nitrogens with zero attached hydrogens (tertiary/aromatic N) is 6. The van der Waals surface area contributed by atoms with E-state index in [9.17, 15) is 0 Å². The molecule has 0 unspecified atom stereocenters. The van der Waals surface area contributed by atoms with E-state index in [0.29, 0.717) is 0 Å². The number of rotatable bonds is 4. The van der Waals surface area contributed by atoms with Crippen LogP contribution in [0.15, 0.2) is 64.8 Å². The molecule has 36 heavy (non-hydrogen) atoms. The fourth-order valence-electron chi connectivity index (χ4n) is 5.21. The van der Waals surface area contributed by atoms with E-state index in [1.165, 1.54) is 22.5 Å². The van der Waals surface area contributed by atoms with Crippen molar-refractivity contribution in [2.24, 2.45) is 4.99 Å². The van der Waals surface area contributed by atoms with Gasteiger partial charge in [-0.15, -0.1) is 0 Å². The van der Waals surface area contributed by atoms with Crippen molar-refractivity contribution in [3.63, 3.8) is 0 Å². The van der Waals surface area contributed by atoms with Crippen molar-refractivity contribution in [2.45, 2.75) is 13.0 Å². The second-order valence-electron chi connectivity index (χ2n) is 10.0. The molecule has 3 aromatic rings. The number of benzene rings is 2. The highest BCUT2D eigenvalue weighted by Gasteiger charge is 2.22. The molecule has 0 atom stereocenters. The van der Waals surface area contributed by atoms with Gasteiger partial charge >= 0.3 is 0 Å². The van der Waals surface area contributed by atoms with Crippen molar-refractivity contribution in [2.75, 3.05) is 64.3 Å². The van der Waals surface area contributed by atoms with Crippen molar-refractivity contribution in [3.05, 3.63) is 71.2 Å². The average molecular weight is 480 g/mol. The van der Waals surface area contributed by atoms with Crippen LogP contribution in [0.5, 0.6) is 0 Å². The van der Waals surface area contributed by atoms with Crippen LogP contribution < -0.4 is 4.90 Å². The fourth-order valence-corrected chi connectivity index (χ4v) is 5.21. The molecule has 0 aliphatic carbocycles. The van der Waals surface area contributed by atoms with Crippen molar-refractivity contribution >= 4 is 23.1 Å². The summed E-state index contributed by atoms with van der Waals surface area (Å²) in [7, 11) is 2.20. The van der Waals surface area contributed by atoms with Crippen molar-refractivity contribution < 1.29 is 0 Å². The summed E-state index contributed by atoms with van der Waals surface area (Å²) >= 11 is 0. The van der Waals surface area contributed by atoms with E-state index < -0.39 is 0 Å². The number of anilines is 1. The van der Waals surface area contributed by atoms with Crippen molar-refractivity contribution in [3.8, 4) is 11.8 Å². The van der Waals surface area contributed by atoms with Crippen LogP contribution in [0.25, 0.3) is 11.0 Å². The Morgan fingerprint density at radius 2 is 1.78 bits per heavy atom. The second kappa shape index (κ2) is 10.2. The van der Waals surface area contributed by atoms with Crippen LogP contribution in [-0.2, 0) is 6.54 Å². The standard InChI is InChI=1S/C29H33N7/c1-33-15-17-36(18-16-33)25-10-8-23(9-11-25)19-35-21-24-20-34(14-12-26(24)30-22-35)13-4-7-29-31-27-5-2-3-6-28(27)32-29/h2-3,5-6,8-11,22H,12-21H2,1H3,(H,31,32). The number of aliphatic imine (C=N–C) groups is 1. The average Bonchev–Trinajstić information content (AvgIpc) is 3.32. The minimum Gasteiger partial charge on any atom is -0.369 e. The first-order chi connectivity index (χ1) is 17.7. The van der Waals surface area contributed by atoms with Gasteiger partial charge in [-0.05, 0) is 48.4 Å². The zero-order chi connectivity index (χ0) is 24.3. The monoisotopic (exact) mass is 479 g/mol. The molecule has 0 bridgehead atoms. The Labute approximate surface area is 213 Å². The van der Waals surface area contributed by atoms with Crippen LogP contribution >= 0.6 is 0 Å². The highest BCUT2D eigenvalue weighted by atomic mass is 15.2. The third kappa shape index (κ3) is 5.15. The van der Waals surface area contributed by atoms with Gasteiger partial charge in [0.25, 0.3) is 0 Å². The maximum Gasteiger partial charge on any atom is 0.183 e. The van der Waals surface area contributed by atoms with Gasteiger partial charge in [0, 0.05) is 70.2 Å². The molecule has 0 radical (unpaired) electrons. The van der Waals surface area contributed by atoms with Gasteiger partial charge in [0.15, 0.2) is 5.82 Å². The Balaban J connectivity index is 1.03. The van der Waals surface area contributed by atoms with Crippen LogP contribution in [0.1, 0.15) is 17.8 Å². The number of para-hydroxylation sites is 2.